The zero-order chi connectivity index (χ0) is 15.3. The van der Waals surface area contributed by atoms with Gasteiger partial charge in [0.25, 0.3) is 0 Å². The van der Waals surface area contributed by atoms with Crippen LogP contribution in [0.3, 0.4) is 0 Å². The molecule has 4 nitrogen and oxygen atoms in total. The summed E-state index contributed by atoms with van der Waals surface area (Å²) in [6, 6.07) is 2.17. The van der Waals surface area contributed by atoms with Crippen LogP contribution in [0.25, 0.3) is 0 Å². The fourth-order valence-corrected chi connectivity index (χ4v) is 3.11. The molecule has 0 unspecified atom stereocenters. The monoisotopic (exact) mass is 306 g/mol. The maximum Gasteiger partial charge on any atom is 0.245 e. The van der Waals surface area contributed by atoms with Gasteiger partial charge >= 0.3 is 0 Å². The third-order valence-corrected chi connectivity index (χ3v) is 4.81. The first-order valence-electron chi connectivity index (χ1n) is 6.43. The summed E-state index contributed by atoms with van der Waals surface area (Å²) in [5.41, 5.74) is 0.383. The van der Waals surface area contributed by atoms with Crippen LogP contribution in [-0.4, -0.2) is 33.4 Å². The second-order valence-corrected chi connectivity index (χ2v) is 6.61. The molecule has 1 rings (SSSR count). The maximum atomic E-state index is 13.8. The van der Waals surface area contributed by atoms with Crippen molar-refractivity contribution in [2.45, 2.75) is 31.2 Å². The van der Waals surface area contributed by atoms with Crippen LogP contribution in [0.5, 0.6) is 0 Å². The molecule has 0 saturated carbocycles. The molecule has 0 atom stereocenters. The summed E-state index contributed by atoms with van der Waals surface area (Å²) in [6.07, 6.45) is 1.48. The average molecular weight is 306 g/mol. The lowest BCUT2D eigenvalue weighted by molar-refractivity contribution is 0.442. The van der Waals surface area contributed by atoms with E-state index in [1.165, 1.54) is 13.1 Å². The van der Waals surface area contributed by atoms with Gasteiger partial charge in [0.1, 0.15) is 4.90 Å². The Morgan fingerprint density at radius 2 is 1.95 bits per heavy atom. The highest BCUT2D eigenvalue weighted by atomic mass is 32.2. The molecule has 0 radical (unpaired) electrons. The third kappa shape index (κ3) is 3.74. The average Bonchev–Trinajstić information content (AvgIpc) is 2.39. The quantitative estimate of drug-likeness (QED) is 0.839. The molecule has 1 aromatic carbocycles. The van der Waals surface area contributed by atoms with Crippen LogP contribution in [0.1, 0.15) is 25.3 Å². The molecule has 0 bridgehead atoms. The lowest BCUT2D eigenvalue weighted by Gasteiger charge is -2.18. The Balaban J connectivity index is 3.22. The van der Waals surface area contributed by atoms with Gasteiger partial charge in [-0.15, -0.1) is 0 Å². The molecule has 0 fully saturated rings. The van der Waals surface area contributed by atoms with Crippen LogP contribution in [0, 0.1) is 11.6 Å². The van der Waals surface area contributed by atoms with E-state index >= 15 is 0 Å². The van der Waals surface area contributed by atoms with Crippen LogP contribution < -0.4 is 5.32 Å². The molecular weight excluding hydrogens is 286 g/mol. The largest absolute Gasteiger partial charge is 0.316 e. The predicted octanol–water partition coefficient (Wildman–Crippen LogP) is 2.10. The van der Waals surface area contributed by atoms with Crippen molar-refractivity contribution in [1.82, 2.24) is 9.62 Å². The number of nitrogens with zero attached hydrogens (tertiary/aromatic N) is 1. The number of sulfonamides is 1. The Labute approximate surface area is 118 Å². The highest BCUT2D eigenvalue weighted by molar-refractivity contribution is 7.89. The fraction of sp³-hybridized carbons (Fsp3) is 0.538. The molecule has 0 aromatic heterocycles. The second kappa shape index (κ2) is 7.10. The van der Waals surface area contributed by atoms with Crippen molar-refractivity contribution in [3.63, 3.8) is 0 Å². The van der Waals surface area contributed by atoms with E-state index in [0.29, 0.717) is 12.0 Å². The fourth-order valence-electron chi connectivity index (χ4n) is 1.78. The highest BCUT2D eigenvalue weighted by Gasteiger charge is 2.26. The van der Waals surface area contributed by atoms with Crippen molar-refractivity contribution in [3.8, 4) is 0 Å². The van der Waals surface area contributed by atoms with Gasteiger partial charge in [-0.05, 0) is 31.2 Å². The van der Waals surface area contributed by atoms with Gasteiger partial charge in [-0.3, -0.25) is 0 Å². The number of hydrogen-bond acceptors (Lipinski definition) is 3. The number of rotatable bonds is 7. The van der Waals surface area contributed by atoms with Gasteiger partial charge in [0, 0.05) is 20.1 Å². The van der Waals surface area contributed by atoms with Gasteiger partial charge in [0.05, 0.1) is 0 Å². The minimum Gasteiger partial charge on any atom is -0.316 e. The second-order valence-electron chi connectivity index (χ2n) is 4.60. The van der Waals surface area contributed by atoms with Crippen LogP contribution in [0.2, 0.25) is 0 Å². The summed E-state index contributed by atoms with van der Waals surface area (Å²) in [5, 5.41) is 2.78. The predicted molar refractivity (Wildman–Crippen MR) is 73.8 cm³/mol. The van der Waals surface area contributed by atoms with E-state index in [1.807, 2.05) is 6.92 Å². The lowest BCUT2D eigenvalue weighted by atomic mass is 10.2. The van der Waals surface area contributed by atoms with Crippen molar-refractivity contribution in [2.24, 2.45) is 0 Å². The minimum atomic E-state index is -4.01. The SMILES string of the molecule is CCCCN(C)S(=O)(=O)c1cc(CNC)cc(F)c1F. The standard InChI is InChI=1S/C13H20F2N2O2S/c1-4-5-6-17(3)20(18,19)12-8-10(9-16-2)7-11(14)13(12)15/h7-8,16H,4-6,9H2,1-3H3. The number of unbranched alkanes of at least 4 members (excludes halogenated alkanes) is 1. The van der Waals surface area contributed by atoms with Crippen molar-refractivity contribution >= 4 is 10.0 Å². The first kappa shape index (κ1) is 17.0. The highest BCUT2D eigenvalue weighted by Crippen LogP contribution is 2.23. The summed E-state index contributed by atoms with van der Waals surface area (Å²) in [7, 11) is -1.00. The molecule has 0 aliphatic rings. The topological polar surface area (TPSA) is 49.4 Å². The van der Waals surface area contributed by atoms with E-state index in [1.54, 1.807) is 7.05 Å². The molecule has 0 aliphatic heterocycles. The van der Waals surface area contributed by atoms with Gasteiger partial charge in [-0.2, -0.15) is 0 Å². The number of nitrogens with one attached hydrogen (secondary N) is 1. The Morgan fingerprint density at radius 1 is 1.30 bits per heavy atom. The van der Waals surface area contributed by atoms with Crippen LogP contribution in [0.4, 0.5) is 8.78 Å². The Bertz CT molecular complexity index is 562. The molecular formula is C13H20F2N2O2S. The summed E-state index contributed by atoms with van der Waals surface area (Å²) < 4.78 is 52.9. The van der Waals surface area contributed by atoms with Gasteiger partial charge in [0.2, 0.25) is 10.0 Å². The number of benzene rings is 1. The molecule has 0 heterocycles. The van der Waals surface area contributed by atoms with E-state index in [2.05, 4.69) is 5.32 Å². The molecule has 1 aromatic rings. The van der Waals surface area contributed by atoms with Crippen LogP contribution in [0.15, 0.2) is 17.0 Å². The van der Waals surface area contributed by atoms with Crippen LogP contribution >= 0.6 is 0 Å². The maximum absolute atomic E-state index is 13.8. The van der Waals surface area contributed by atoms with Crippen molar-refractivity contribution in [3.05, 3.63) is 29.3 Å². The zero-order valence-electron chi connectivity index (χ0n) is 11.9. The summed E-state index contributed by atoms with van der Waals surface area (Å²) in [6.45, 7) is 2.46. The molecule has 0 saturated heterocycles. The van der Waals surface area contributed by atoms with E-state index < -0.39 is 26.6 Å². The van der Waals surface area contributed by atoms with Crippen molar-refractivity contribution < 1.29 is 17.2 Å². The first-order valence-corrected chi connectivity index (χ1v) is 7.87. The molecule has 7 heteroatoms. The lowest BCUT2D eigenvalue weighted by Crippen LogP contribution is -2.29. The molecule has 1 N–H and O–H groups in total. The molecule has 114 valence electrons. The van der Waals surface area contributed by atoms with E-state index in [9.17, 15) is 17.2 Å². The van der Waals surface area contributed by atoms with Crippen molar-refractivity contribution in [2.75, 3.05) is 20.6 Å². The first-order chi connectivity index (χ1) is 9.34. The third-order valence-electron chi connectivity index (χ3n) is 2.95. The van der Waals surface area contributed by atoms with Gasteiger partial charge in [-0.1, -0.05) is 13.3 Å². The minimum absolute atomic E-state index is 0.262. The molecule has 0 spiro atoms. The van der Waals surface area contributed by atoms with Crippen molar-refractivity contribution in [1.29, 1.82) is 0 Å². The normalized spacial score (nSPS) is 12.1. The Hall–Kier alpha value is -1.05. The van der Waals surface area contributed by atoms with Gasteiger partial charge in [-0.25, -0.2) is 21.5 Å². The van der Waals surface area contributed by atoms with E-state index in [4.69, 9.17) is 0 Å². The number of halogens is 2. The molecule has 0 amide bonds. The number of hydrogen-bond donors (Lipinski definition) is 1. The van der Waals surface area contributed by atoms with Gasteiger partial charge in [0.15, 0.2) is 11.6 Å². The summed E-state index contributed by atoms with van der Waals surface area (Å²) >= 11 is 0. The van der Waals surface area contributed by atoms with E-state index in [0.717, 1.165) is 16.8 Å². The van der Waals surface area contributed by atoms with E-state index in [-0.39, 0.29) is 13.1 Å². The molecule has 20 heavy (non-hydrogen) atoms. The van der Waals surface area contributed by atoms with Gasteiger partial charge < -0.3 is 5.32 Å². The Morgan fingerprint density at radius 3 is 2.50 bits per heavy atom. The smallest absolute Gasteiger partial charge is 0.245 e. The van der Waals surface area contributed by atoms with Crippen LogP contribution in [-0.2, 0) is 16.6 Å². The Kier molecular flexibility index (Phi) is 6.04. The summed E-state index contributed by atoms with van der Waals surface area (Å²) in [5.74, 6) is -2.48. The summed E-state index contributed by atoms with van der Waals surface area (Å²) in [4.78, 5) is -0.610. The zero-order valence-corrected chi connectivity index (χ0v) is 12.7. The molecule has 0 aliphatic carbocycles.